The maximum atomic E-state index is 9.29. The molecule has 10 heteroatoms. The van der Waals surface area contributed by atoms with Crippen molar-refractivity contribution in [3.8, 4) is 11.9 Å². The zero-order valence-electron chi connectivity index (χ0n) is 14.9. The van der Waals surface area contributed by atoms with Crippen molar-refractivity contribution in [1.29, 1.82) is 5.26 Å². The highest BCUT2D eigenvalue weighted by Gasteiger charge is 2.27. The Morgan fingerprint density at radius 2 is 1.93 bits per heavy atom. The summed E-state index contributed by atoms with van der Waals surface area (Å²) in [6, 6.07) is 9.51. The van der Waals surface area contributed by atoms with Crippen LogP contribution >= 0.6 is 0 Å². The molecule has 0 radical (unpaired) electrons. The van der Waals surface area contributed by atoms with Crippen molar-refractivity contribution in [1.82, 2.24) is 39.8 Å². The second kappa shape index (κ2) is 6.70. The molecule has 1 saturated heterocycles. The van der Waals surface area contributed by atoms with E-state index in [1.54, 1.807) is 27.7 Å². The molecule has 0 bridgehead atoms. The fourth-order valence-corrected chi connectivity index (χ4v) is 3.57. The fraction of sp³-hybridized carbons (Fsp3) is 0.278. The Bertz CT molecular complexity index is 1150. The van der Waals surface area contributed by atoms with Crippen LogP contribution in [0.4, 0.5) is 5.82 Å². The summed E-state index contributed by atoms with van der Waals surface area (Å²) >= 11 is 0. The number of anilines is 1. The molecule has 0 amide bonds. The summed E-state index contributed by atoms with van der Waals surface area (Å²) < 4.78 is 3.52. The van der Waals surface area contributed by atoms with E-state index in [9.17, 15) is 5.26 Å². The van der Waals surface area contributed by atoms with Gasteiger partial charge in [-0.05, 0) is 37.1 Å². The zero-order chi connectivity index (χ0) is 18.9. The number of nitrogens with zero attached hydrogens (tertiary/aromatic N) is 10. The smallest absolute Gasteiger partial charge is 0.178 e. The normalized spacial score (nSPS) is 15.0. The number of piperidine rings is 1. The molecule has 1 aliphatic heterocycles. The lowest BCUT2D eigenvalue weighted by molar-refractivity contribution is 0.473. The monoisotopic (exact) mass is 372 g/mol. The second-order valence-electron chi connectivity index (χ2n) is 6.61. The van der Waals surface area contributed by atoms with Crippen LogP contribution in [0.5, 0.6) is 0 Å². The molecule has 0 unspecified atom stereocenters. The molecule has 0 atom stereocenters. The van der Waals surface area contributed by atoms with Crippen molar-refractivity contribution in [3.05, 3.63) is 54.2 Å². The average molecular weight is 372 g/mol. The minimum absolute atomic E-state index is 0.230. The first-order valence-electron chi connectivity index (χ1n) is 9.02. The quantitative estimate of drug-likeness (QED) is 0.529. The summed E-state index contributed by atoms with van der Waals surface area (Å²) in [7, 11) is 0. The predicted octanol–water partition coefficient (Wildman–Crippen LogP) is 1.36. The van der Waals surface area contributed by atoms with E-state index in [2.05, 4.69) is 41.6 Å². The molecule has 10 nitrogen and oxygen atoms in total. The Hall–Kier alpha value is -3.87. The lowest BCUT2D eigenvalue weighted by Gasteiger charge is -2.31. The number of hydrogen-bond donors (Lipinski definition) is 0. The van der Waals surface area contributed by atoms with Gasteiger partial charge in [-0.25, -0.2) is 4.68 Å². The van der Waals surface area contributed by atoms with Gasteiger partial charge in [-0.15, -0.1) is 20.4 Å². The molecule has 0 spiro atoms. The Balaban J connectivity index is 1.40. The van der Waals surface area contributed by atoms with Crippen LogP contribution in [-0.4, -0.2) is 52.9 Å². The minimum Gasteiger partial charge on any atom is -0.354 e. The van der Waals surface area contributed by atoms with Gasteiger partial charge in [0.1, 0.15) is 6.07 Å². The second-order valence-corrected chi connectivity index (χ2v) is 6.61. The third-order valence-corrected chi connectivity index (χ3v) is 4.99. The van der Waals surface area contributed by atoms with E-state index in [1.165, 1.54) is 0 Å². The molecular weight excluding hydrogens is 356 g/mol. The van der Waals surface area contributed by atoms with Gasteiger partial charge in [-0.2, -0.15) is 20.0 Å². The van der Waals surface area contributed by atoms with Crippen LogP contribution in [0, 0.1) is 11.3 Å². The molecule has 4 aromatic heterocycles. The molecule has 0 N–H and O–H groups in total. The van der Waals surface area contributed by atoms with Gasteiger partial charge in [0.2, 0.25) is 0 Å². The van der Waals surface area contributed by atoms with Crippen LogP contribution in [0.25, 0.3) is 11.5 Å². The highest BCUT2D eigenvalue weighted by atomic mass is 15.4. The first-order valence-corrected chi connectivity index (χ1v) is 9.02. The standard InChI is InChI=1S/C18H16N10/c19-12-14-4-8-20-23-17(14)26-10-5-13(6-11-26)18-24-22-15-2-3-16(25-28(15)18)27-9-1-7-21-27/h1-4,7-9,13H,5-6,10-11H2. The summed E-state index contributed by atoms with van der Waals surface area (Å²) in [6.45, 7) is 1.54. The van der Waals surface area contributed by atoms with Gasteiger partial charge in [-0.3, -0.25) is 0 Å². The summed E-state index contributed by atoms with van der Waals surface area (Å²) in [5, 5.41) is 34.9. The Morgan fingerprint density at radius 3 is 2.71 bits per heavy atom. The molecule has 0 aliphatic carbocycles. The van der Waals surface area contributed by atoms with Crippen LogP contribution in [0.1, 0.15) is 30.1 Å². The van der Waals surface area contributed by atoms with E-state index in [1.807, 2.05) is 24.4 Å². The van der Waals surface area contributed by atoms with Crippen molar-refractivity contribution in [3.63, 3.8) is 0 Å². The SMILES string of the molecule is N#Cc1ccnnc1N1CCC(c2nnc3ccc(-n4cccn4)nn23)CC1. The third kappa shape index (κ3) is 2.73. The van der Waals surface area contributed by atoms with Crippen LogP contribution < -0.4 is 4.90 Å². The Labute approximate surface area is 160 Å². The van der Waals surface area contributed by atoms with Crippen molar-refractivity contribution in [2.45, 2.75) is 18.8 Å². The molecular formula is C18H16N10. The molecule has 0 aromatic carbocycles. The van der Waals surface area contributed by atoms with Crippen LogP contribution in [0.15, 0.2) is 42.9 Å². The van der Waals surface area contributed by atoms with Crippen LogP contribution in [0.2, 0.25) is 0 Å². The number of rotatable bonds is 3. The lowest BCUT2D eigenvalue weighted by atomic mass is 9.96. The average Bonchev–Trinajstić information content (AvgIpc) is 3.43. The van der Waals surface area contributed by atoms with E-state index >= 15 is 0 Å². The van der Waals surface area contributed by atoms with Crippen molar-refractivity contribution < 1.29 is 0 Å². The van der Waals surface area contributed by atoms with Crippen molar-refractivity contribution >= 4 is 11.5 Å². The Morgan fingerprint density at radius 1 is 1.04 bits per heavy atom. The van der Waals surface area contributed by atoms with E-state index in [0.29, 0.717) is 22.8 Å². The molecule has 138 valence electrons. The predicted molar refractivity (Wildman–Crippen MR) is 98.8 cm³/mol. The fourth-order valence-electron chi connectivity index (χ4n) is 3.57. The van der Waals surface area contributed by atoms with Crippen molar-refractivity contribution in [2.24, 2.45) is 0 Å². The summed E-state index contributed by atoms with van der Waals surface area (Å²) in [5.41, 5.74) is 1.26. The molecule has 0 saturated carbocycles. The number of nitriles is 1. The highest BCUT2D eigenvalue weighted by molar-refractivity contribution is 5.52. The van der Waals surface area contributed by atoms with Gasteiger partial charge in [0.25, 0.3) is 0 Å². The minimum atomic E-state index is 0.230. The lowest BCUT2D eigenvalue weighted by Crippen LogP contribution is -2.34. The first-order chi connectivity index (χ1) is 13.8. The summed E-state index contributed by atoms with van der Waals surface area (Å²) in [4.78, 5) is 2.11. The molecule has 1 fully saturated rings. The summed E-state index contributed by atoms with van der Waals surface area (Å²) in [6.07, 6.45) is 6.85. The van der Waals surface area contributed by atoms with Gasteiger partial charge >= 0.3 is 0 Å². The third-order valence-electron chi connectivity index (χ3n) is 4.99. The molecule has 5 rings (SSSR count). The van der Waals surface area contributed by atoms with E-state index < -0.39 is 0 Å². The zero-order valence-corrected chi connectivity index (χ0v) is 14.9. The maximum absolute atomic E-state index is 9.29. The highest BCUT2D eigenvalue weighted by Crippen LogP contribution is 2.29. The maximum Gasteiger partial charge on any atom is 0.178 e. The number of fused-ring (bicyclic) bond motifs is 1. The van der Waals surface area contributed by atoms with Gasteiger partial charge in [0.05, 0.1) is 11.8 Å². The van der Waals surface area contributed by atoms with Gasteiger partial charge < -0.3 is 4.90 Å². The largest absolute Gasteiger partial charge is 0.354 e. The van der Waals surface area contributed by atoms with Crippen LogP contribution in [-0.2, 0) is 0 Å². The van der Waals surface area contributed by atoms with Gasteiger partial charge in [0.15, 0.2) is 23.1 Å². The topological polar surface area (TPSA) is 114 Å². The van der Waals surface area contributed by atoms with E-state index in [-0.39, 0.29) is 5.92 Å². The van der Waals surface area contributed by atoms with E-state index in [4.69, 9.17) is 0 Å². The number of hydrogen-bond acceptors (Lipinski definition) is 8. The van der Waals surface area contributed by atoms with Gasteiger partial charge in [-0.1, -0.05) is 0 Å². The molecule has 4 aromatic rings. The number of aromatic nitrogens is 8. The van der Waals surface area contributed by atoms with E-state index in [0.717, 1.165) is 31.8 Å². The molecule has 28 heavy (non-hydrogen) atoms. The van der Waals surface area contributed by atoms with Crippen LogP contribution in [0.3, 0.4) is 0 Å². The Kier molecular flexibility index (Phi) is 3.90. The first kappa shape index (κ1) is 16.3. The molecule has 1 aliphatic rings. The van der Waals surface area contributed by atoms with Crippen molar-refractivity contribution in [2.75, 3.05) is 18.0 Å². The molecule has 5 heterocycles. The summed E-state index contributed by atoms with van der Waals surface area (Å²) in [5.74, 6) is 2.44. The van der Waals surface area contributed by atoms with Gasteiger partial charge in [0, 0.05) is 31.4 Å².